The van der Waals surface area contributed by atoms with Crippen LogP contribution in [0.1, 0.15) is 44.1 Å². The van der Waals surface area contributed by atoms with Gasteiger partial charge in [-0.15, -0.1) is 0 Å². The van der Waals surface area contributed by atoms with E-state index < -0.39 is 0 Å². The Morgan fingerprint density at radius 3 is 2.27 bits per heavy atom. The van der Waals surface area contributed by atoms with Gasteiger partial charge in [0.05, 0.1) is 18.6 Å². The van der Waals surface area contributed by atoms with E-state index in [1.807, 2.05) is 29.2 Å². The average Bonchev–Trinajstić information content (AvgIpc) is 3.03. The summed E-state index contributed by atoms with van der Waals surface area (Å²) in [5, 5.41) is 0. The summed E-state index contributed by atoms with van der Waals surface area (Å²) in [6, 6.07) is 7.57. The lowest BCUT2D eigenvalue weighted by Crippen LogP contribution is -2.42. The van der Waals surface area contributed by atoms with Crippen molar-refractivity contribution in [3.8, 4) is 0 Å². The van der Waals surface area contributed by atoms with Crippen molar-refractivity contribution in [3.63, 3.8) is 0 Å². The Morgan fingerprint density at radius 2 is 1.64 bits per heavy atom. The Labute approximate surface area is 132 Å². The van der Waals surface area contributed by atoms with E-state index >= 15 is 0 Å². The second kappa shape index (κ2) is 7.14. The first-order chi connectivity index (χ1) is 10.7. The summed E-state index contributed by atoms with van der Waals surface area (Å²) in [5.41, 5.74) is 7.44. The molecule has 0 bridgehead atoms. The summed E-state index contributed by atoms with van der Waals surface area (Å²) in [5.74, 6) is 0.212. The first kappa shape index (κ1) is 15.3. The van der Waals surface area contributed by atoms with E-state index in [0.717, 1.165) is 37.2 Å². The van der Waals surface area contributed by atoms with Crippen LogP contribution < -0.4 is 5.73 Å². The first-order valence-corrected chi connectivity index (χ1v) is 8.48. The maximum Gasteiger partial charge on any atom is 0.226 e. The highest BCUT2D eigenvalue weighted by Crippen LogP contribution is 2.25. The number of carbonyl (C=O) groups excluding carboxylic acids is 1. The molecule has 1 saturated carbocycles. The minimum absolute atomic E-state index is 0.212. The van der Waals surface area contributed by atoms with Gasteiger partial charge in [-0.25, -0.2) is 0 Å². The van der Waals surface area contributed by atoms with Gasteiger partial charge in [0.2, 0.25) is 5.91 Å². The van der Waals surface area contributed by atoms with Gasteiger partial charge < -0.3 is 15.4 Å². The molecule has 0 unspecified atom stereocenters. The molecular weight excluding hydrogens is 276 g/mol. The number of nitrogen functional groups attached to an aromatic ring is 1. The molecule has 1 aliphatic carbocycles. The van der Waals surface area contributed by atoms with Gasteiger partial charge >= 0.3 is 0 Å². The third kappa shape index (κ3) is 4.01. The molecule has 1 amide bonds. The third-order valence-corrected chi connectivity index (χ3v) is 4.82. The van der Waals surface area contributed by atoms with Crippen molar-refractivity contribution in [2.75, 3.05) is 18.8 Å². The molecule has 1 saturated heterocycles. The number of piperidine rings is 1. The Morgan fingerprint density at radius 1 is 1.05 bits per heavy atom. The van der Waals surface area contributed by atoms with Crippen molar-refractivity contribution >= 4 is 11.6 Å². The average molecular weight is 302 g/mol. The van der Waals surface area contributed by atoms with Crippen LogP contribution >= 0.6 is 0 Å². The minimum Gasteiger partial charge on any atom is -0.399 e. The molecule has 0 atom stereocenters. The van der Waals surface area contributed by atoms with Crippen molar-refractivity contribution in [1.29, 1.82) is 0 Å². The number of amides is 1. The summed E-state index contributed by atoms with van der Waals surface area (Å²) in [4.78, 5) is 14.3. The summed E-state index contributed by atoms with van der Waals surface area (Å²) in [6.45, 7) is 1.65. The zero-order valence-corrected chi connectivity index (χ0v) is 13.2. The molecule has 2 fully saturated rings. The van der Waals surface area contributed by atoms with Gasteiger partial charge in [-0.3, -0.25) is 4.79 Å². The molecule has 1 heterocycles. The summed E-state index contributed by atoms with van der Waals surface area (Å²) < 4.78 is 6.16. The van der Waals surface area contributed by atoms with E-state index in [0.29, 0.717) is 18.6 Å². The third-order valence-electron chi connectivity index (χ3n) is 4.82. The van der Waals surface area contributed by atoms with Crippen molar-refractivity contribution in [2.24, 2.45) is 0 Å². The standard InChI is InChI=1S/C18H26N2O2/c19-15-7-5-14(6-8-15)13-18(21)20-11-9-17(10-12-20)22-16-3-1-2-4-16/h5-8,16-17H,1-4,9-13,19H2. The first-order valence-electron chi connectivity index (χ1n) is 8.48. The predicted molar refractivity (Wildman–Crippen MR) is 87.5 cm³/mol. The molecule has 0 radical (unpaired) electrons. The van der Waals surface area contributed by atoms with Crippen LogP contribution in [-0.4, -0.2) is 36.1 Å². The lowest BCUT2D eigenvalue weighted by atomic mass is 10.1. The topological polar surface area (TPSA) is 55.6 Å². The number of hydrogen-bond donors (Lipinski definition) is 1. The maximum absolute atomic E-state index is 12.4. The SMILES string of the molecule is Nc1ccc(CC(=O)N2CCC(OC3CCCC3)CC2)cc1. The number of nitrogens with zero attached hydrogens (tertiary/aromatic N) is 1. The van der Waals surface area contributed by atoms with Crippen LogP contribution in [0.25, 0.3) is 0 Å². The minimum atomic E-state index is 0.212. The van der Waals surface area contributed by atoms with Gasteiger partial charge in [-0.05, 0) is 43.4 Å². The predicted octanol–water partition coefficient (Wildman–Crippen LogP) is 2.76. The van der Waals surface area contributed by atoms with E-state index in [9.17, 15) is 4.79 Å². The number of hydrogen-bond acceptors (Lipinski definition) is 3. The van der Waals surface area contributed by atoms with Crippen molar-refractivity contribution in [3.05, 3.63) is 29.8 Å². The number of likely N-dealkylation sites (tertiary alicyclic amines) is 1. The Hall–Kier alpha value is -1.55. The Kier molecular flexibility index (Phi) is 4.98. The highest BCUT2D eigenvalue weighted by molar-refractivity contribution is 5.79. The molecule has 2 N–H and O–H groups in total. The molecule has 0 aromatic heterocycles. The fourth-order valence-electron chi connectivity index (χ4n) is 3.46. The smallest absolute Gasteiger partial charge is 0.226 e. The van der Waals surface area contributed by atoms with Gasteiger partial charge in [0, 0.05) is 18.8 Å². The van der Waals surface area contributed by atoms with Crippen LogP contribution in [0.15, 0.2) is 24.3 Å². The molecule has 1 aromatic rings. The van der Waals surface area contributed by atoms with Crippen LogP contribution in [0.2, 0.25) is 0 Å². The maximum atomic E-state index is 12.4. The van der Waals surface area contributed by atoms with Gasteiger partial charge in [-0.2, -0.15) is 0 Å². The molecule has 4 heteroatoms. The fraction of sp³-hybridized carbons (Fsp3) is 0.611. The molecule has 1 aliphatic heterocycles. The highest BCUT2D eigenvalue weighted by Gasteiger charge is 2.26. The van der Waals surface area contributed by atoms with Crippen molar-refractivity contribution in [2.45, 2.75) is 57.2 Å². The van der Waals surface area contributed by atoms with Gasteiger partial charge in [-0.1, -0.05) is 25.0 Å². The molecular formula is C18H26N2O2. The van der Waals surface area contributed by atoms with Crippen LogP contribution in [0.4, 0.5) is 5.69 Å². The highest BCUT2D eigenvalue weighted by atomic mass is 16.5. The van der Waals surface area contributed by atoms with Crippen molar-refractivity contribution < 1.29 is 9.53 Å². The zero-order valence-electron chi connectivity index (χ0n) is 13.2. The normalized spacial score (nSPS) is 20.5. The number of carbonyl (C=O) groups is 1. The van der Waals surface area contributed by atoms with E-state index in [1.54, 1.807) is 0 Å². The van der Waals surface area contributed by atoms with E-state index in [2.05, 4.69) is 0 Å². The second-order valence-corrected chi connectivity index (χ2v) is 6.54. The van der Waals surface area contributed by atoms with Gasteiger partial charge in [0.15, 0.2) is 0 Å². The Bertz CT molecular complexity index is 486. The van der Waals surface area contributed by atoms with Crippen molar-refractivity contribution in [1.82, 2.24) is 4.90 Å². The largest absolute Gasteiger partial charge is 0.399 e. The number of anilines is 1. The van der Waals surface area contributed by atoms with E-state index in [1.165, 1.54) is 25.7 Å². The lowest BCUT2D eigenvalue weighted by molar-refractivity contribution is -0.133. The number of rotatable bonds is 4. The lowest BCUT2D eigenvalue weighted by Gasteiger charge is -2.33. The van der Waals surface area contributed by atoms with Gasteiger partial charge in [0.25, 0.3) is 0 Å². The molecule has 0 spiro atoms. The molecule has 120 valence electrons. The van der Waals surface area contributed by atoms with E-state index in [-0.39, 0.29) is 5.91 Å². The summed E-state index contributed by atoms with van der Waals surface area (Å²) in [7, 11) is 0. The van der Waals surface area contributed by atoms with Gasteiger partial charge in [0.1, 0.15) is 0 Å². The monoisotopic (exact) mass is 302 g/mol. The second-order valence-electron chi connectivity index (χ2n) is 6.54. The Balaban J connectivity index is 1.44. The fourth-order valence-corrected chi connectivity index (χ4v) is 3.46. The van der Waals surface area contributed by atoms with Crippen LogP contribution in [0, 0.1) is 0 Å². The molecule has 3 rings (SSSR count). The number of nitrogens with two attached hydrogens (primary N) is 1. The quantitative estimate of drug-likeness (QED) is 0.870. The molecule has 4 nitrogen and oxygen atoms in total. The number of benzene rings is 1. The van der Waals surface area contributed by atoms with Crippen LogP contribution in [0.5, 0.6) is 0 Å². The molecule has 1 aromatic carbocycles. The van der Waals surface area contributed by atoms with E-state index in [4.69, 9.17) is 10.5 Å². The molecule has 22 heavy (non-hydrogen) atoms. The van der Waals surface area contributed by atoms with Crippen LogP contribution in [0.3, 0.4) is 0 Å². The molecule has 2 aliphatic rings. The summed E-state index contributed by atoms with van der Waals surface area (Å²) >= 11 is 0. The van der Waals surface area contributed by atoms with Crippen LogP contribution in [-0.2, 0) is 16.0 Å². The zero-order chi connectivity index (χ0) is 15.4. The number of ether oxygens (including phenoxy) is 1. The summed E-state index contributed by atoms with van der Waals surface area (Å²) in [6.07, 6.45) is 8.30.